The van der Waals surface area contributed by atoms with E-state index in [9.17, 15) is 4.79 Å². The molecule has 0 aliphatic heterocycles. The number of halogens is 1. The molecule has 0 radical (unpaired) electrons. The standard InChI is InChI=1S/C15H15BrO3/c1-18-13-10-12(8-9-15(13,16)19-2)14(17)11-6-4-3-5-7-11/h3-10,13H,1-2H3. The summed E-state index contributed by atoms with van der Waals surface area (Å²) >= 11 is 3.46. The van der Waals surface area contributed by atoms with Gasteiger partial charge in [0, 0.05) is 25.4 Å². The monoisotopic (exact) mass is 322 g/mol. The summed E-state index contributed by atoms with van der Waals surface area (Å²) in [7, 11) is 3.17. The first-order chi connectivity index (χ1) is 9.10. The van der Waals surface area contributed by atoms with Gasteiger partial charge in [-0.2, -0.15) is 0 Å². The molecule has 0 amide bonds. The molecular formula is C15H15BrO3. The van der Waals surface area contributed by atoms with Crippen LogP contribution >= 0.6 is 15.9 Å². The van der Waals surface area contributed by atoms with E-state index < -0.39 is 4.51 Å². The van der Waals surface area contributed by atoms with Crippen LogP contribution in [0.4, 0.5) is 0 Å². The molecule has 2 atom stereocenters. The number of alkyl halides is 1. The highest BCUT2D eigenvalue weighted by molar-refractivity contribution is 9.10. The average molecular weight is 323 g/mol. The van der Waals surface area contributed by atoms with Gasteiger partial charge in [0.05, 0.1) is 0 Å². The number of hydrogen-bond donors (Lipinski definition) is 0. The van der Waals surface area contributed by atoms with E-state index in [-0.39, 0.29) is 11.9 Å². The van der Waals surface area contributed by atoms with E-state index >= 15 is 0 Å². The van der Waals surface area contributed by atoms with Gasteiger partial charge in [-0.3, -0.25) is 4.79 Å². The molecule has 1 aliphatic carbocycles. The zero-order valence-corrected chi connectivity index (χ0v) is 12.4. The van der Waals surface area contributed by atoms with Gasteiger partial charge < -0.3 is 9.47 Å². The zero-order chi connectivity index (χ0) is 13.9. The molecule has 2 rings (SSSR count). The normalized spacial score (nSPS) is 26.1. The Labute approximate surface area is 121 Å². The third kappa shape index (κ3) is 2.86. The Morgan fingerprint density at radius 2 is 1.95 bits per heavy atom. The number of Topliss-reactive ketones (excluding diaryl/α,β-unsaturated/α-hetero) is 1. The zero-order valence-electron chi connectivity index (χ0n) is 10.8. The van der Waals surface area contributed by atoms with Crippen LogP contribution in [0, 0.1) is 0 Å². The molecule has 0 N–H and O–H groups in total. The van der Waals surface area contributed by atoms with Gasteiger partial charge in [0.1, 0.15) is 6.10 Å². The van der Waals surface area contributed by atoms with Crippen LogP contribution < -0.4 is 0 Å². The van der Waals surface area contributed by atoms with E-state index in [1.54, 1.807) is 44.6 Å². The second-order valence-corrected chi connectivity index (χ2v) is 5.45. The molecule has 0 saturated heterocycles. The molecule has 0 saturated carbocycles. The quantitative estimate of drug-likeness (QED) is 0.631. The Morgan fingerprint density at radius 1 is 1.26 bits per heavy atom. The van der Waals surface area contributed by atoms with Crippen molar-refractivity contribution in [2.45, 2.75) is 10.6 Å². The fourth-order valence-electron chi connectivity index (χ4n) is 1.95. The first kappa shape index (κ1) is 14.2. The van der Waals surface area contributed by atoms with E-state index in [0.29, 0.717) is 11.1 Å². The first-order valence-electron chi connectivity index (χ1n) is 5.88. The predicted molar refractivity (Wildman–Crippen MR) is 77.5 cm³/mol. The highest BCUT2D eigenvalue weighted by Gasteiger charge is 2.36. The average Bonchev–Trinajstić information content (AvgIpc) is 2.48. The first-order valence-corrected chi connectivity index (χ1v) is 6.67. The number of hydrogen-bond acceptors (Lipinski definition) is 3. The molecule has 0 aromatic heterocycles. The molecular weight excluding hydrogens is 308 g/mol. The van der Waals surface area contributed by atoms with Crippen LogP contribution in [0.15, 0.2) is 54.1 Å². The molecule has 0 heterocycles. The van der Waals surface area contributed by atoms with Gasteiger partial charge in [0.15, 0.2) is 10.3 Å². The van der Waals surface area contributed by atoms with Crippen LogP contribution in [-0.4, -0.2) is 30.6 Å². The number of methoxy groups -OCH3 is 2. The molecule has 100 valence electrons. The van der Waals surface area contributed by atoms with Gasteiger partial charge in [0.2, 0.25) is 0 Å². The van der Waals surface area contributed by atoms with Crippen LogP contribution in [0.2, 0.25) is 0 Å². The van der Waals surface area contributed by atoms with Gasteiger partial charge in [0.25, 0.3) is 0 Å². The van der Waals surface area contributed by atoms with Crippen LogP contribution in [0.1, 0.15) is 10.4 Å². The molecule has 3 nitrogen and oxygen atoms in total. The van der Waals surface area contributed by atoms with Crippen molar-refractivity contribution in [3.63, 3.8) is 0 Å². The maximum absolute atomic E-state index is 12.3. The number of benzene rings is 1. The summed E-state index contributed by atoms with van der Waals surface area (Å²) in [6, 6.07) is 9.17. The van der Waals surface area contributed by atoms with Crippen molar-refractivity contribution in [3.8, 4) is 0 Å². The number of carbonyl (C=O) groups excluding carboxylic acids is 1. The van der Waals surface area contributed by atoms with Crippen molar-refractivity contribution < 1.29 is 14.3 Å². The molecule has 0 fully saturated rings. The van der Waals surface area contributed by atoms with Crippen LogP contribution in [0.5, 0.6) is 0 Å². The van der Waals surface area contributed by atoms with Gasteiger partial charge in [-0.15, -0.1) is 0 Å². The number of allylic oxidation sites excluding steroid dienone is 2. The number of carbonyl (C=O) groups is 1. The lowest BCUT2D eigenvalue weighted by Crippen LogP contribution is -2.38. The van der Waals surface area contributed by atoms with E-state index in [1.165, 1.54) is 0 Å². The molecule has 19 heavy (non-hydrogen) atoms. The fraction of sp³-hybridized carbons (Fsp3) is 0.267. The third-order valence-corrected chi connectivity index (χ3v) is 4.11. The summed E-state index contributed by atoms with van der Waals surface area (Å²) in [6.45, 7) is 0. The number of ketones is 1. The molecule has 4 heteroatoms. The molecule has 1 aliphatic rings. The summed E-state index contributed by atoms with van der Waals surface area (Å²) in [5.74, 6) is -0.0236. The van der Waals surface area contributed by atoms with Crippen molar-refractivity contribution >= 4 is 21.7 Å². The largest absolute Gasteiger partial charge is 0.373 e. The summed E-state index contributed by atoms with van der Waals surface area (Å²) < 4.78 is 10.0. The van der Waals surface area contributed by atoms with Gasteiger partial charge in [-0.05, 0) is 28.1 Å². The van der Waals surface area contributed by atoms with Gasteiger partial charge in [-0.1, -0.05) is 36.4 Å². The Balaban J connectivity index is 2.28. The number of rotatable bonds is 4. The topological polar surface area (TPSA) is 35.5 Å². The van der Waals surface area contributed by atoms with E-state index in [2.05, 4.69) is 15.9 Å². The van der Waals surface area contributed by atoms with Crippen molar-refractivity contribution in [3.05, 3.63) is 59.7 Å². The van der Waals surface area contributed by atoms with Crippen molar-refractivity contribution in [1.82, 2.24) is 0 Å². The SMILES string of the molecule is COC1C=C(C(=O)c2ccccc2)C=CC1(Br)OC. The van der Waals surface area contributed by atoms with Crippen LogP contribution in [0.3, 0.4) is 0 Å². The summed E-state index contributed by atoms with van der Waals surface area (Å²) in [6.07, 6.45) is 4.96. The smallest absolute Gasteiger partial charge is 0.192 e. The third-order valence-electron chi connectivity index (χ3n) is 3.07. The maximum atomic E-state index is 12.3. The lowest BCUT2D eigenvalue weighted by Gasteiger charge is -2.31. The maximum Gasteiger partial charge on any atom is 0.192 e. The van der Waals surface area contributed by atoms with E-state index in [1.807, 2.05) is 18.2 Å². The van der Waals surface area contributed by atoms with Gasteiger partial charge in [-0.25, -0.2) is 0 Å². The highest BCUT2D eigenvalue weighted by Crippen LogP contribution is 2.33. The minimum atomic E-state index is -0.720. The second-order valence-electron chi connectivity index (χ2n) is 4.21. The predicted octanol–water partition coefficient (Wildman–Crippen LogP) is 3.12. The minimum Gasteiger partial charge on any atom is -0.373 e. The minimum absolute atomic E-state index is 0.0236. The lowest BCUT2D eigenvalue weighted by atomic mass is 9.95. The molecule has 1 aromatic carbocycles. The van der Waals surface area contributed by atoms with Crippen molar-refractivity contribution in [2.75, 3.05) is 14.2 Å². The Morgan fingerprint density at radius 3 is 2.53 bits per heavy atom. The molecule has 1 aromatic rings. The van der Waals surface area contributed by atoms with Crippen molar-refractivity contribution in [1.29, 1.82) is 0 Å². The summed E-state index contributed by atoms with van der Waals surface area (Å²) in [5.41, 5.74) is 1.26. The lowest BCUT2D eigenvalue weighted by molar-refractivity contribution is -0.00391. The fourth-order valence-corrected chi connectivity index (χ4v) is 2.40. The summed E-state index contributed by atoms with van der Waals surface area (Å²) in [4.78, 5) is 12.3. The van der Waals surface area contributed by atoms with Crippen LogP contribution in [0.25, 0.3) is 0 Å². The Kier molecular flexibility index (Phi) is 4.34. The molecule has 0 bridgehead atoms. The second kappa shape index (κ2) is 5.82. The van der Waals surface area contributed by atoms with Crippen LogP contribution in [-0.2, 0) is 9.47 Å². The molecule has 2 unspecified atom stereocenters. The van der Waals surface area contributed by atoms with E-state index in [4.69, 9.17) is 9.47 Å². The van der Waals surface area contributed by atoms with E-state index in [0.717, 1.165) is 0 Å². The Bertz CT molecular complexity index is 521. The summed E-state index contributed by atoms with van der Waals surface area (Å²) in [5, 5.41) is 0. The number of ether oxygens (including phenoxy) is 2. The van der Waals surface area contributed by atoms with Crippen molar-refractivity contribution in [2.24, 2.45) is 0 Å². The molecule has 0 spiro atoms. The van der Waals surface area contributed by atoms with Gasteiger partial charge >= 0.3 is 0 Å². The highest BCUT2D eigenvalue weighted by atomic mass is 79.9. The Hall–Kier alpha value is -1.23.